The lowest BCUT2D eigenvalue weighted by Gasteiger charge is -2.38. The van der Waals surface area contributed by atoms with Crippen molar-refractivity contribution in [1.29, 1.82) is 0 Å². The number of nitrogens with one attached hydrogen (secondary N) is 1. The van der Waals surface area contributed by atoms with Crippen LogP contribution in [0.3, 0.4) is 0 Å². The van der Waals surface area contributed by atoms with E-state index in [-0.39, 0.29) is 0 Å². The van der Waals surface area contributed by atoms with Crippen LogP contribution in [-0.4, -0.2) is 41.2 Å². The van der Waals surface area contributed by atoms with Gasteiger partial charge in [-0.05, 0) is 25.7 Å². The molecule has 2 aliphatic heterocycles. The molecule has 74 valence electrons. The Bertz CT molecular complexity index is 187. The molecule has 3 fully saturated rings. The SMILES string of the molecule is C1CSC2(CCN(C3CC3)CC2)N1. The van der Waals surface area contributed by atoms with E-state index in [1.165, 1.54) is 51.1 Å². The lowest BCUT2D eigenvalue weighted by atomic mass is 10.0. The van der Waals surface area contributed by atoms with Gasteiger partial charge in [-0.15, -0.1) is 11.8 Å². The molecule has 3 heteroatoms. The molecule has 13 heavy (non-hydrogen) atoms. The fourth-order valence-corrected chi connectivity index (χ4v) is 3.86. The Labute approximate surface area is 84.4 Å². The van der Waals surface area contributed by atoms with Crippen molar-refractivity contribution in [1.82, 2.24) is 10.2 Å². The molecule has 0 radical (unpaired) electrons. The minimum atomic E-state index is 0.491. The summed E-state index contributed by atoms with van der Waals surface area (Å²) >= 11 is 2.16. The van der Waals surface area contributed by atoms with Crippen molar-refractivity contribution in [3.63, 3.8) is 0 Å². The lowest BCUT2D eigenvalue weighted by Crippen LogP contribution is -2.48. The maximum Gasteiger partial charge on any atom is 0.0670 e. The van der Waals surface area contributed by atoms with Gasteiger partial charge in [0.25, 0.3) is 0 Å². The Morgan fingerprint density at radius 1 is 1.23 bits per heavy atom. The summed E-state index contributed by atoms with van der Waals surface area (Å²) in [5.74, 6) is 1.32. The van der Waals surface area contributed by atoms with Crippen LogP contribution in [0.5, 0.6) is 0 Å². The van der Waals surface area contributed by atoms with E-state index in [4.69, 9.17) is 0 Å². The molecule has 0 aromatic heterocycles. The average Bonchev–Trinajstić information content (AvgIpc) is 2.91. The van der Waals surface area contributed by atoms with Crippen LogP contribution in [0.2, 0.25) is 0 Å². The van der Waals surface area contributed by atoms with E-state index in [0.29, 0.717) is 4.87 Å². The summed E-state index contributed by atoms with van der Waals surface area (Å²) in [7, 11) is 0. The summed E-state index contributed by atoms with van der Waals surface area (Å²) < 4.78 is 0. The molecule has 0 amide bonds. The number of likely N-dealkylation sites (tertiary alicyclic amines) is 1. The molecule has 1 saturated carbocycles. The Morgan fingerprint density at radius 3 is 2.54 bits per heavy atom. The molecule has 1 spiro atoms. The van der Waals surface area contributed by atoms with Crippen molar-refractivity contribution >= 4 is 11.8 Å². The van der Waals surface area contributed by atoms with Crippen LogP contribution >= 0.6 is 11.8 Å². The van der Waals surface area contributed by atoms with Gasteiger partial charge in [-0.1, -0.05) is 0 Å². The zero-order valence-electron chi connectivity index (χ0n) is 8.09. The zero-order valence-corrected chi connectivity index (χ0v) is 8.91. The molecular formula is C10H18N2S. The summed E-state index contributed by atoms with van der Waals surface area (Å²) in [5, 5.41) is 3.69. The van der Waals surface area contributed by atoms with Crippen molar-refractivity contribution in [2.75, 3.05) is 25.4 Å². The summed E-state index contributed by atoms with van der Waals surface area (Å²) in [6, 6.07) is 0.976. The largest absolute Gasteiger partial charge is 0.302 e. The molecule has 2 saturated heterocycles. The number of thioether (sulfide) groups is 1. The summed E-state index contributed by atoms with van der Waals surface area (Å²) in [6.07, 6.45) is 5.67. The maximum absolute atomic E-state index is 3.69. The van der Waals surface area contributed by atoms with Gasteiger partial charge in [0.05, 0.1) is 4.87 Å². The maximum atomic E-state index is 3.69. The van der Waals surface area contributed by atoms with E-state index in [2.05, 4.69) is 22.0 Å². The number of piperidine rings is 1. The third kappa shape index (κ3) is 1.62. The summed E-state index contributed by atoms with van der Waals surface area (Å²) in [5.41, 5.74) is 0. The highest BCUT2D eigenvalue weighted by molar-refractivity contribution is 8.00. The van der Waals surface area contributed by atoms with Crippen LogP contribution in [0, 0.1) is 0 Å². The molecule has 1 N–H and O–H groups in total. The molecule has 3 rings (SSSR count). The van der Waals surface area contributed by atoms with Crippen LogP contribution in [0.15, 0.2) is 0 Å². The number of hydrogen-bond donors (Lipinski definition) is 1. The summed E-state index contributed by atoms with van der Waals surface area (Å²) in [4.78, 5) is 3.19. The Balaban J connectivity index is 1.59. The fraction of sp³-hybridized carbons (Fsp3) is 1.00. The predicted molar refractivity (Wildman–Crippen MR) is 57.0 cm³/mol. The molecule has 0 aromatic carbocycles. The topological polar surface area (TPSA) is 15.3 Å². The lowest BCUT2D eigenvalue weighted by molar-refractivity contribution is 0.181. The van der Waals surface area contributed by atoms with Crippen LogP contribution in [0.4, 0.5) is 0 Å². The minimum absolute atomic E-state index is 0.491. The fourth-order valence-electron chi connectivity index (χ4n) is 2.59. The second kappa shape index (κ2) is 3.14. The normalized spacial score (nSPS) is 34.2. The standard InChI is InChI=1S/C10H18N2S/c1-2-9(1)12-6-3-10(4-7-12)11-5-8-13-10/h9,11H,1-8H2. The van der Waals surface area contributed by atoms with Gasteiger partial charge < -0.3 is 10.2 Å². The van der Waals surface area contributed by atoms with Gasteiger partial charge in [0.1, 0.15) is 0 Å². The first-order chi connectivity index (χ1) is 6.38. The van der Waals surface area contributed by atoms with Crippen LogP contribution in [-0.2, 0) is 0 Å². The van der Waals surface area contributed by atoms with Crippen molar-refractivity contribution < 1.29 is 0 Å². The van der Waals surface area contributed by atoms with Gasteiger partial charge in [-0.3, -0.25) is 0 Å². The number of rotatable bonds is 1. The van der Waals surface area contributed by atoms with E-state index < -0.39 is 0 Å². The third-order valence-electron chi connectivity index (χ3n) is 3.60. The molecule has 0 bridgehead atoms. The van der Waals surface area contributed by atoms with Gasteiger partial charge in [0.15, 0.2) is 0 Å². The quantitative estimate of drug-likeness (QED) is 0.683. The van der Waals surface area contributed by atoms with Gasteiger partial charge in [0.2, 0.25) is 0 Å². The minimum Gasteiger partial charge on any atom is -0.302 e. The summed E-state index contributed by atoms with van der Waals surface area (Å²) in [6.45, 7) is 3.91. The highest BCUT2D eigenvalue weighted by Gasteiger charge is 2.40. The second-order valence-corrected chi connectivity index (χ2v) is 6.02. The zero-order chi connectivity index (χ0) is 8.73. The molecule has 0 atom stereocenters. The molecule has 3 aliphatic rings. The predicted octanol–water partition coefficient (Wildman–Crippen LogP) is 1.28. The number of nitrogens with zero attached hydrogens (tertiary/aromatic N) is 1. The van der Waals surface area contributed by atoms with Crippen LogP contribution in [0.1, 0.15) is 25.7 Å². The highest BCUT2D eigenvalue weighted by Crippen LogP contribution is 2.39. The van der Waals surface area contributed by atoms with Gasteiger partial charge in [-0.25, -0.2) is 0 Å². The van der Waals surface area contributed by atoms with Crippen molar-refractivity contribution in [3.8, 4) is 0 Å². The van der Waals surface area contributed by atoms with E-state index in [1.807, 2.05) is 0 Å². The molecule has 0 aromatic rings. The van der Waals surface area contributed by atoms with Gasteiger partial charge in [0, 0.05) is 31.4 Å². The first kappa shape index (κ1) is 8.57. The van der Waals surface area contributed by atoms with Crippen molar-refractivity contribution in [2.24, 2.45) is 0 Å². The Kier molecular flexibility index (Phi) is 2.07. The highest BCUT2D eigenvalue weighted by atomic mass is 32.2. The third-order valence-corrected chi connectivity index (χ3v) is 5.11. The van der Waals surface area contributed by atoms with E-state index in [9.17, 15) is 0 Å². The van der Waals surface area contributed by atoms with E-state index >= 15 is 0 Å². The first-order valence-electron chi connectivity index (χ1n) is 5.51. The number of hydrogen-bond acceptors (Lipinski definition) is 3. The van der Waals surface area contributed by atoms with Crippen LogP contribution < -0.4 is 5.32 Å². The van der Waals surface area contributed by atoms with E-state index in [0.717, 1.165) is 6.04 Å². The monoisotopic (exact) mass is 198 g/mol. The average molecular weight is 198 g/mol. The van der Waals surface area contributed by atoms with Gasteiger partial charge >= 0.3 is 0 Å². The van der Waals surface area contributed by atoms with E-state index in [1.54, 1.807) is 0 Å². The molecule has 2 nitrogen and oxygen atoms in total. The Morgan fingerprint density at radius 2 is 2.00 bits per heavy atom. The molecular weight excluding hydrogens is 180 g/mol. The smallest absolute Gasteiger partial charge is 0.0670 e. The molecule has 2 heterocycles. The Hall–Kier alpha value is 0.270. The van der Waals surface area contributed by atoms with Crippen molar-refractivity contribution in [2.45, 2.75) is 36.6 Å². The first-order valence-corrected chi connectivity index (χ1v) is 6.50. The van der Waals surface area contributed by atoms with Gasteiger partial charge in [-0.2, -0.15) is 0 Å². The van der Waals surface area contributed by atoms with Crippen LogP contribution in [0.25, 0.3) is 0 Å². The second-order valence-electron chi connectivity index (χ2n) is 4.54. The molecule has 1 aliphatic carbocycles. The van der Waals surface area contributed by atoms with Crippen molar-refractivity contribution in [3.05, 3.63) is 0 Å². The molecule has 0 unspecified atom stereocenters.